The normalized spacial score (nSPS) is 22.7. The second kappa shape index (κ2) is 6.84. The number of thiophene rings is 1. The Morgan fingerprint density at radius 2 is 2.00 bits per heavy atom. The number of carbonyl (C=O) groups is 2. The molecule has 0 bridgehead atoms. The second-order valence-electron chi connectivity index (χ2n) is 8.80. The molecule has 150 valence electrons. The number of Topliss-reactive ketones (excluding diaryl/α,β-unsaturated/α-hetero) is 1. The first-order valence-electron chi connectivity index (χ1n) is 10.3. The molecule has 2 fully saturated rings. The lowest BCUT2D eigenvalue weighted by Crippen LogP contribution is -2.43. The van der Waals surface area contributed by atoms with Gasteiger partial charge in [-0.25, -0.2) is 0 Å². The van der Waals surface area contributed by atoms with E-state index in [-0.39, 0.29) is 17.7 Å². The zero-order chi connectivity index (χ0) is 20.2. The van der Waals surface area contributed by atoms with E-state index >= 15 is 0 Å². The number of nitrogens with zero attached hydrogens (tertiary/aromatic N) is 1. The van der Waals surface area contributed by atoms with Gasteiger partial charge in [0.15, 0.2) is 5.78 Å². The summed E-state index contributed by atoms with van der Waals surface area (Å²) in [7, 11) is 0. The zero-order valence-corrected chi connectivity index (χ0v) is 17.5. The molecule has 2 aromatic rings. The van der Waals surface area contributed by atoms with Crippen LogP contribution in [-0.2, 0) is 23.4 Å². The largest absolute Gasteiger partial charge is 0.488 e. The molecule has 5 rings (SSSR count). The number of benzene rings is 1. The maximum Gasteiger partial charge on any atom is 0.256 e. The highest BCUT2D eigenvalue weighted by atomic mass is 32.1. The summed E-state index contributed by atoms with van der Waals surface area (Å²) >= 11 is 1.62. The Kier molecular flexibility index (Phi) is 4.39. The molecule has 2 heterocycles. The quantitative estimate of drug-likeness (QED) is 0.655. The third kappa shape index (κ3) is 3.42. The number of fused-ring (bicyclic) bond motifs is 1. The number of ketones is 1. The van der Waals surface area contributed by atoms with Crippen LogP contribution in [-0.4, -0.2) is 22.6 Å². The third-order valence-electron chi connectivity index (χ3n) is 6.54. The summed E-state index contributed by atoms with van der Waals surface area (Å²) in [6, 6.07) is 10.0. The van der Waals surface area contributed by atoms with Crippen molar-refractivity contribution in [3.8, 4) is 5.75 Å². The van der Waals surface area contributed by atoms with Crippen LogP contribution < -0.4 is 4.74 Å². The van der Waals surface area contributed by atoms with Crippen LogP contribution in [0.4, 0.5) is 0 Å². The molecule has 4 nitrogen and oxygen atoms in total. The summed E-state index contributed by atoms with van der Waals surface area (Å²) in [5, 5.41) is 0. The number of rotatable bonds is 5. The summed E-state index contributed by atoms with van der Waals surface area (Å²) in [4.78, 5) is 29.1. The molecule has 0 unspecified atom stereocenters. The summed E-state index contributed by atoms with van der Waals surface area (Å²) in [5.74, 6) is 0.958. The van der Waals surface area contributed by atoms with Crippen molar-refractivity contribution >= 4 is 23.0 Å². The Morgan fingerprint density at radius 3 is 2.66 bits per heavy atom. The maximum absolute atomic E-state index is 12.9. The van der Waals surface area contributed by atoms with E-state index in [1.807, 2.05) is 18.2 Å². The van der Waals surface area contributed by atoms with Crippen molar-refractivity contribution < 1.29 is 14.3 Å². The van der Waals surface area contributed by atoms with Gasteiger partial charge < -0.3 is 9.64 Å². The van der Waals surface area contributed by atoms with E-state index in [0.29, 0.717) is 31.4 Å². The first-order valence-corrected chi connectivity index (χ1v) is 11.1. The van der Waals surface area contributed by atoms with Crippen molar-refractivity contribution in [2.75, 3.05) is 0 Å². The number of ether oxygens (including phenoxy) is 1. The highest BCUT2D eigenvalue weighted by molar-refractivity contribution is 7.12. The Hall–Kier alpha value is -2.40. The standard InChI is InChI=1S/C24H25NO3S/c1-15-3-8-20(21(26)11-15)25-13-22-19(23(25)27)12-18(29-22)14-28-17-6-4-16(5-7-17)24(2)9-10-24/h4-7,12,20H,1,3,8-11,13-14H2,2H3/t20-/m0/s1. The smallest absolute Gasteiger partial charge is 0.256 e. The zero-order valence-electron chi connectivity index (χ0n) is 16.7. The summed E-state index contributed by atoms with van der Waals surface area (Å²) in [6.45, 7) is 7.21. The van der Waals surface area contributed by atoms with Crippen LogP contribution in [0.5, 0.6) is 5.75 Å². The van der Waals surface area contributed by atoms with E-state index in [9.17, 15) is 9.59 Å². The topological polar surface area (TPSA) is 46.6 Å². The van der Waals surface area contributed by atoms with Gasteiger partial charge >= 0.3 is 0 Å². The van der Waals surface area contributed by atoms with Crippen LogP contribution in [0.15, 0.2) is 42.5 Å². The van der Waals surface area contributed by atoms with Gasteiger partial charge in [0.25, 0.3) is 5.91 Å². The fourth-order valence-electron chi connectivity index (χ4n) is 4.35. The highest BCUT2D eigenvalue weighted by Gasteiger charge is 2.39. The molecule has 1 aromatic carbocycles. The van der Waals surface area contributed by atoms with Crippen LogP contribution in [0, 0.1) is 0 Å². The first kappa shape index (κ1) is 18.6. The molecular weight excluding hydrogens is 382 g/mol. The van der Waals surface area contributed by atoms with E-state index in [4.69, 9.17) is 4.74 Å². The van der Waals surface area contributed by atoms with Gasteiger partial charge in [0.05, 0.1) is 18.2 Å². The minimum Gasteiger partial charge on any atom is -0.488 e. The molecule has 3 aliphatic rings. The Bertz CT molecular complexity index is 1000. The third-order valence-corrected chi connectivity index (χ3v) is 7.63. The van der Waals surface area contributed by atoms with E-state index in [1.54, 1.807) is 16.2 Å². The molecule has 0 spiro atoms. The lowest BCUT2D eigenvalue weighted by atomic mass is 9.90. The lowest BCUT2D eigenvalue weighted by molar-refractivity contribution is -0.124. The van der Waals surface area contributed by atoms with Gasteiger partial charge in [-0.05, 0) is 54.9 Å². The number of hydrogen-bond donors (Lipinski definition) is 0. The molecule has 5 heteroatoms. The SMILES string of the molecule is C=C1CC[C@H](N2Cc3sc(COc4ccc(C5(C)CC5)cc4)cc3C2=O)C(=O)C1. The summed E-state index contributed by atoms with van der Waals surface area (Å²) in [6.07, 6.45) is 4.45. The molecule has 2 aliphatic carbocycles. The maximum atomic E-state index is 12.9. The summed E-state index contributed by atoms with van der Waals surface area (Å²) in [5.41, 5.74) is 3.47. The Morgan fingerprint density at radius 1 is 1.24 bits per heavy atom. The van der Waals surface area contributed by atoms with E-state index < -0.39 is 0 Å². The molecule has 29 heavy (non-hydrogen) atoms. The lowest BCUT2D eigenvalue weighted by Gasteiger charge is -2.30. The van der Waals surface area contributed by atoms with E-state index in [0.717, 1.165) is 33.1 Å². The Balaban J connectivity index is 1.22. The predicted molar refractivity (Wildman–Crippen MR) is 113 cm³/mol. The van der Waals surface area contributed by atoms with Crippen LogP contribution in [0.1, 0.15) is 64.7 Å². The van der Waals surface area contributed by atoms with Crippen molar-refractivity contribution in [1.82, 2.24) is 4.90 Å². The molecule has 0 N–H and O–H groups in total. The van der Waals surface area contributed by atoms with Crippen LogP contribution >= 0.6 is 11.3 Å². The van der Waals surface area contributed by atoms with Gasteiger partial charge in [-0.3, -0.25) is 9.59 Å². The van der Waals surface area contributed by atoms with Gasteiger partial charge in [-0.1, -0.05) is 31.2 Å². The van der Waals surface area contributed by atoms with Crippen molar-refractivity contribution in [2.45, 2.75) is 63.6 Å². The van der Waals surface area contributed by atoms with Crippen molar-refractivity contribution in [3.63, 3.8) is 0 Å². The molecule has 1 atom stereocenters. The van der Waals surface area contributed by atoms with Crippen molar-refractivity contribution in [3.05, 3.63) is 63.4 Å². The second-order valence-corrected chi connectivity index (χ2v) is 10.0. The molecule has 2 saturated carbocycles. The fourth-order valence-corrected chi connectivity index (χ4v) is 5.43. The number of amides is 1. The van der Waals surface area contributed by atoms with Gasteiger partial charge in [-0.15, -0.1) is 11.3 Å². The fraction of sp³-hybridized carbons (Fsp3) is 0.417. The van der Waals surface area contributed by atoms with Crippen molar-refractivity contribution in [1.29, 1.82) is 0 Å². The monoisotopic (exact) mass is 407 g/mol. The number of carbonyl (C=O) groups excluding carboxylic acids is 2. The van der Waals surface area contributed by atoms with E-state index in [1.165, 1.54) is 18.4 Å². The van der Waals surface area contributed by atoms with Crippen LogP contribution in [0.3, 0.4) is 0 Å². The molecular formula is C24H25NO3S. The average Bonchev–Trinajstić information content (AvgIpc) is 3.21. The minimum absolute atomic E-state index is 0.0182. The predicted octanol–water partition coefficient (Wildman–Crippen LogP) is 5.01. The van der Waals surface area contributed by atoms with Gasteiger partial charge in [0.2, 0.25) is 0 Å². The Labute approximate surface area is 175 Å². The van der Waals surface area contributed by atoms with Gasteiger partial charge in [-0.2, -0.15) is 0 Å². The van der Waals surface area contributed by atoms with Crippen molar-refractivity contribution in [2.24, 2.45) is 0 Å². The highest BCUT2D eigenvalue weighted by Crippen LogP contribution is 2.47. The van der Waals surface area contributed by atoms with Crippen LogP contribution in [0.25, 0.3) is 0 Å². The molecule has 0 radical (unpaired) electrons. The number of hydrogen-bond acceptors (Lipinski definition) is 4. The van der Waals surface area contributed by atoms with Gasteiger partial charge in [0.1, 0.15) is 12.4 Å². The molecule has 1 amide bonds. The molecule has 1 aromatic heterocycles. The number of allylic oxidation sites excluding steroid dienone is 1. The van der Waals surface area contributed by atoms with E-state index in [2.05, 4.69) is 25.6 Å². The molecule has 1 aliphatic heterocycles. The van der Waals surface area contributed by atoms with Gasteiger partial charge in [0, 0.05) is 16.2 Å². The first-order chi connectivity index (χ1) is 13.9. The van der Waals surface area contributed by atoms with Crippen LogP contribution in [0.2, 0.25) is 0 Å². The average molecular weight is 408 g/mol. The summed E-state index contributed by atoms with van der Waals surface area (Å²) < 4.78 is 5.95. The minimum atomic E-state index is -0.292. The molecule has 0 saturated heterocycles.